The van der Waals surface area contributed by atoms with Crippen molar-refractivity contribution in [2.45, 2.75) is 44.3 Å². The van der Waals surface area contributed by atoms with Gasteiger partial charge in [-0.3, -0.25) is 9.69 Å². The van der Waals surface area contributed by atoms with Gasteiger partial charge in [-0.25, -0.2) is 0 Å². The lowest BCUT2D eigenvalue weighted by Gasteiger charge is -2.31. The van der Waals surface area contributed by atoms with Crippen LogP contribution in [0.3, 0.4) is 0 Å². The summed E-state index contributed by atoms with van der Waals surface area (Å²) >= 11 is 1.70. The van der Waals surface area contributed by atoms with Gasteiger partial charge in [0.1, 0.15) is 0 Å². The molecule has 0 spiro atoms. The van der Waals surface area contributed by atoms with Crippen molar-refractivity contribution >= 4 is 17.2 Å². The van der Waals surface area contributed by atoms with Crippen molar-refractivity contribution in [3.05, 3.63) is 22.4 Å². The molecule has 110 valence electrons. The minimum Gasteiger partial charge on any atom is -0.334 e. The van der Waals surface area contributed by atoms with Crippen molar-refractivity contribution in [2.24, 2.45) is 5.73 Å². The molecule has 1 amide bonds. The Morgan fingerprint density at radius 3 is 2.70 bits per heavy atom. The SMILES string of the molecule is NC1CCN(CC(=O)N(Cc2ccsc2)C2CC2)CC1. The summed E-state index contributed by atoms with van der Waals surface area (Å²) in [6, 6.07) is 2.92. The molecular formula is C15H23N3OS. The van der Waals surface area contributed by atoms with Gasteiger partial charge in [0.05, 0.1) is 6.54 Å². The summed E-state index contributed by atoms with van der Waals surface area (Å²) < 4.78 is 0. The van der Waals surface area contributed by atoms with Crippen LogP contribution in [0.5, 0.6) is 0 Å². The van der Waals surface area contributed by atoms with E-state index in [0.29, 0.717) is 18.6 Å². The lowest BCUT2D eigenvalue weighted by Crippen LogP contribution is -2.46. The molecule has 20 heavy (non-hydrogen) atoms. The fraction of sp³-hybridized carbons (Fsp3) is 0.667. The molecule has 1 aliphatic carbocycles. The number of rotatable bonds is 5. The number of hydrogen-bond donors (Lipinski definition) is 1. The first kappa shape index (κ1) is 14.0. The van der Waals surface area contributed by atoms with Crippen LogP contribution in [-0.4, -0.2) is 47.4 Å². The van der Waals surface area contributed by atoms with Crippen molar-refractivity contribution in [3.63, 3.8) is 0 Å². The maximum absolute atomic E-state index is 12.6. The molecular weight excluding hydrogens is 270 g/mol. The number of carbonyl (C=O) groups is 1. The van der Waals surface area contributed by atoms with E-state index >= 15 is 0 Å². The summed E-state index contributed by atoms with van der Waals surface area (Å²) in [6.07, 6.45) is 4.37. The molecule has 1 aliphatic heterocycles. The molecule has 2 aliphatic rings. The van der Waals surface area contributed by atoms with Gasteiger partial charge in [-0.05, 0) is 48.1 Å². The Bertz CT molecular complexity index is 436. The first-order chi connectivity index (χ1) is 9.72. The second-order valence-electron chi connectivity index (χ2n) is 6.00. The first-order valence-electron chi connectivity index (χ1n) is 7.51. The molecule has 2 fully saturated rings. The highest BCUT2D eigenvalue weighted by Crippen LogP contribution is 2.29. The van der Waals surface area contributed by atoms with Gasteiger partial charge in [0.2, 0.25) is 5.91 Å². The van der Waals surface area contributed by atoms with E-state index < -0.39 is 0 Å². The third-order valence-electron chi connectivity index (χ3n) is 4.23. The molecule has 1 aromatic rings. The monoisotopic (exact) mass is 293 g/mol. The van der Waals surface area contributed by atoms with Crippen LogP contribution in [-0.2, 0) is 11.3 Å². The molecule has 0 bridgehead atoms. The van der Waals surface area contributed by atoms with Crippen LogP contribution in [0.2, 0.25) is 0 Å². The van der Waals surface area contributed by atoms with Crippen molar-refractivity contribution in [2.75, 3.05) is 19.6 Å². The average molecular weight is 293 g/mol. The summed E-state index contributed by atoms with van der Waals surface area (Å²) in [6.45, 7) is 3.27. The van der Waals surface area contributed by atoms with Gasteiger partial charge in [0, 0.05) is 31.7 Å². The number of hydrogen-bond acceptors (Lipinski definition) is 4. The Balaban J connectivity index is 1.55. The number of thiophene rings is 1. The Hall–Kier alpha value is -0.910. The molecule has 3 rings (SSSR count). The predicted octanol–water partition coefficient (Wildman–Crippen LogP) is 1.66. The molecule has 1 aromatic heterocycles. The van der Waals surface area contributed by atoms with E-state index in [4.69, 9.17) is 5.73 Å². The number of carbonyl (C=O) groups excluding carboxylic acids is 1. The lowest BCUT2D eigenvalue weighted by atomic mass is 10.1. The number of amides is 1. The number of nitrogens with two attached hydrogens (primary N) is 1. The number of likely N-dealkylation sites (tertiary alicyclic amines) is 1. The summed E-state index contributed by atoms with van der Waals surface area (Å²) in [5, 5.41) is 4.22. The van der Waals surface area contributed by atoms with Gasteiger partial charge in [-0.1, -0.05) is 0 Å². The van der Waals surface area contributed by atoms with Crippen LogP contribution in [0.4, 0.5) is 0 Å². The predicted molar refractivity (Wildman–Crippen MR) is 81.5 cm³/mol. The van der Waals surface area contributed by atoms with Gasteiger partial charge in [0.15, 0.2) is 0 Å². The molecule has 0 radical (unpaired) electrons. The summed E-state index contributed by atoms with van der Waals surface area (Å²) in [5.41, 5.74) is 7.18. The van der Waals surface area contributed by atoms with E-state index in [1.54, 1.807) is 11.3 Å². The average Bonchev–Trinajstić information content (AvgIpc) is 3.15. The van der Waals surface area contributed by atoms with Crippen molar-refractivity contribution in [1.29, 1.82) is 0 Å². The van der Waals surface area contributed by atoms with E-state index in [-0.39, 0.29) is 5.91 Å². The molecule has 4 nitrogen and oxygen atoms in total. The smallest absolute Gasteiger partial charge is 0.237 e. The summed E-state index contributed by atoms with van der Waals surface area (Å²) in [7, 11) is 0. The lowest BCUT2D eigenvalue weighted by molar-refractivity contribution is -0.133. The summed E-state index contributed by atoms with van der Waals surface area (Å²) in [4.78, 5) is 16.9. The number of piperidine rings is 1. The molecule has 0 atom stereocenters. The fourth-order valence-electron chi connectivity index (χ4n) is 2.78. The van der Waals surface area contributed by atoms with Crippen molar-refractivity contribution < 1.29 is 4.79 Å². The highest BCUT2D eigenvalue weighted by Gasteiger charge is 2.33. The van der Waals surface area contributed by atoms with E-state index in [1.807, 2.05) is 0 Å². The highest BCUT2D eigenvalue weighted by atomic mass is 32.1. The third-order valence-corrected chi connectivity index (χ3v) is 4.96. The van der Waals surface area contributed by atoms with Crippen molar-refractivity contribution in [1.82, 2.24) is 9.80 Å². The van der Waals surface area contributed by atoms with Crippen LogP contribution in [0, 0.1) is 0 Å². The van der Waals surface area contributed by atoms with E-state index in [9.17, 15) is 4.79 Å². The molecule has 0 unspecified atom stereocenters. The topological polar surface area (TPSA) is 49.6 Å². The standard InChI is InChI=1S/C15H23N3OS/c16-13-3-6-17(7-4-13)10-15(19)18(14-1-2-14)9-12-5-8-20-11-12/h5,8,11,13-14H,1-4,6-7,9-10,16H2. The molecule has 0 aromatic carbocycles. The molecule has 2 heterocycles. The Morgan fingerprint density at radius 2 is 2.10 bits per heavy atom. The second-order valence-corrected chi connectivity index (χ2v) is 6.78. The van der Waals surface area contributed by atoms with Crippen molar-refractivity contribution in [3.8, 4) is 0 Å². The molecule has 1 saturated heterocycles. The normalized spacial score (nSPS) is 21.1. The Morgan fingerprint density at radius 1 is 1.35 bits per heavy atom. The van der Waals surface area contributed by atoms with Gasteiger partial charge in [0.25, 0.3) is 0 Å². The van der Waals surface area contributed by atoms with Crippen LogP contribution in [0.25, 0.3) is 0 Å². The van der Waals surface area contributed by atoms with Crippen LogP contribution < -0.4 is 5.73 Å². The van der Waals surface area contributed by atoms with Crippen LogP contribution >= 0.6 is 11.3 Å². The second kappa shape index (κ2) is 6.24. The minimum absolute atomic E-state index is 0.286. The van der Waals surface area contributed by atoms with Gasteiger partial charge >= 0.3 is 0 Å². The minimum atomic E-state index is 0.286. The van der Waals surface area contributed by atoms with Crippen LogP contribution in [0.15, 0.2) is 16.8 Å². The summed E-state index contributed by atoms with van der Waals surface area (Å²) in [5.74, 6) is 0.286. The third kappa shape index (κ3) is 3.59. The van der Waals surface area contributed by atoms with E-state index in [0.717, 1.165) is 32.5 Å². The van der Waals surface area contributed by atoms with Gasteiger partial charge < -0.3 is 10.6 Å². The maximum Gasteiger partial charge on any atom is 0.237 e. The zero-order chi connectivity index (χ0) is 13.9. The molecule has 1 saturated carbocycles. The largest absolute Gasteiger partial charge is 0.334 e. The highest BCUT2D eigenvalue weighted by molar-refractivity contribution is 7.07. The Labute approximate surface area is 124 Å². The fourth-order valence-corrected chi connectivity index (χ4v) is 3.44. The first-order valence-corrected chi connectivity index (χ1v) is 8.45. The van der Waals surface area contributed by atoms with Crippen LogP contribution in [0.1, 0.15) is 31.2 Å². The Kier molecular flexibility index (Phi) is 4.38. The number of nitrogens with zero attached hydrogens (tertiary/aromatic N) is 2. The molecule has 5 heteroatoms. The zero-order valence-corrected chi connectivity index (χ0v) is 12.6. The van der Waals surface area contributed by atoms with E-state index in [2.05, 4.69) is 26.6 Å². The van der Waals surface area contributed by atoms with Gasteiger partial charge in [-0.15, -0.1) is 0 Å². The van der Waals surface area contributed by atoms with E-state index in [1.165, 1.54) is 18.4 Å². The molecule has 2 N–H and O–H groups in total. The maximum atomic E-state index is 12.6. The zero-order valence-electron chi connectivity index (χ0n) is 11.8. The quantitative estimate of drug-likeness (QED) is 0.898. The van der Waals surface area contributed by atoms with Gasteiger partial charge in [-0.2, -0.15) is 11.3 Å².